The lowest BCUT2D eigenvalue weighted by atomic mass is 10.1. The van der Waals surface area contributed by atoms with Crippen molar-refractivity contribution in [1.29, 1.82) is 0 Å². The first-order valence-corrected chi connectivity index (χ1v) is 9.19. The molecule has 1 heterocycles. The second-order valence-corrected chi connectivity index (χ2v) is 5.85. The Morgan fingerprint density at radius 1 is 1.04 bits per heavy atom. The van der Waals surface area contributed by atoms with Crippen LogP contribution in [0.1, 0.15) is 52.4 Å². The molecule has 0 aliphatic carbocycles. The maximum absolute atomic E-state index is 5.33. The molecule has 1 fully saturated rings. The molecule has 0 aromatic rings. The summed E-state index contributed by atoms with van der Waals surface area (Å²) < 4.78 is 5.33. The van der Waals surface area contributed by atoms with Crippen LogP contribution in [0.15, 0.2) is 4.99 Å². The van der Waals surface area contributed by atoms with Crippen molar-refractivity contribution >= 4 is 29.9 Å². The van der Waals surface area contributed by atoms with Crippen LogP contribution in [0.25, 0.3) is 0 Å². The third-order valence-corrected chi connectivity index (χ3v) is 3.94. The molecule has 1 aliphatic heterocycles. The summed E-state index contributed by atoms with van der Waals surface area (Å²) in [5, 5.41) is 6.58. The van der Waals surface area contributed by atoms with Gasteiger partial charge >= 0.3 is 0 Å². The van der Waals surface area contributed by atoms with Crippen LogP contribution in [0.5, 0.6) is 0 Å². The molecule has 2 N–H and O–H groups in total. The number of halogens is 1. The molecule has 0 bridgehead atoms. The van der Waals surface area contributed by atoms with Crippen LogP contribution in [0, 0.1) is 0 Å². The molecule has 0 atom stereocenters. The molecule has 0 radical (unpaired) electrons. The van der Waals surface area contributed by atoms with Crippen LogP contribution in [-0.4, -0.2) is 63.3 Å². The zero-order valence-corrected chi connectivity index (χ0v) is 17.4. The Balaban J connectivity index is 0.00000484. The van der Waals surface area contributed by atoms with Crippen LogP contribution >= 0.6 is 24.0 Å². The zero-order chi connectivity index (χ0) is 15.9. The fraction of sp³-hybridized carbons (Fsp3) is 0.941. The van der Waals surface area contributed by atoms with Crippen molar-refractivity contribution in [3.05, 3.63) is 0 Å². The van der Waals surface area contributed by atoms with Gasteiger partial charge in [0.25, 0.3) is 0 Å². The van der Waals surface area contributed by atoms with Crippen molar-refractivity contribution in [3.63, 3.8) is 0 Å². The molecule has 0 aromatic heterocycles. The number of unbranched alkanes of at least 4 members (excludes halogenated alkanes) is 2. The first kappa shape index (κ1) is 22.9. The second-order valence-electron chi connectivity index (χ2n) is 5.85. The molecule has 0 amide bonds. The number of nitrogens with one attached hydrogen (secondary N) is 2. The minimum atomic E-state index is 0. The van der Waals surface area contributed by atoms with E-state index in [4.69, 9.17) is 4.74 Å². The van der Waals surface area contributed by atoms with Crippen molar-refractivity contribution in [2.24, 2.45) is 4.99 Å². The molecule has 5 nitrogen and oxygen atoms in total. The smallest absolute Gasteiger partial charge is 0.191 e. The van der Waals surface area contributed by atoms with E-state index in [0.717, 1.165) is 38.8 Å². The van der Waals surface area contributed by atoms with Crippen LogP contribution in [0.3, 0.4) is 0 Å². The number of guanidine groups is 1. The topological polar surface area (TPSA) is 48.9 Å². The van der Waals surface area contributed by atoms with Gasteiger partial charge in [-0.05, 0) is 59.2 Å². The van der Waals surface area contributed by atoms with Crippen molar-refractivity contribution in [2.45, 2.75) is 52.4 Å². The van der Waals surface area contributed by atoms with E-state index in [1.165, 1.54) is 58.2 Å². The van der Waals surface area contributed by atoms with E-state index in [0.29, 0.717) is 0 Å². The van der Waals surface area contributed by atoms with E-state index in [2.05, 4.69) is 27.4 Å². The normalized spacial score (nSPS) is 16.0. The van der Waals surface area contributed by atoms with Crippen molar-refractivity contribution in [2.75, 3.05) is 52.5 Å². The van der Waals surface area contributed by atoms with Gasteiger partial charge in [-0.15, -0.1) is 24.0 Å². The first-order valence-electron chi connectivity index (χ1n) is 9.19. The molecule has 138 valence electrons. The van der Waals surface area contributed by atoms with Crippen molar-refractivity contribution < 1.29 is 4.74 Å². The third-order valence-electron chi connectivity index (χ3n) is 3.94. The highest BCUT2D eigenvalue weighted by Gasteiger charge is 2.08. The monoisotopic (exact) mass is 440 g/mol. The highest BCUT2D eigenvalue weighted by Crippen LogP contribution is 2.09. The number of nitrogens with zero attached hydrogens (tertiary/aromatic N) is 2. The third kappa shape index (κ3) is 12.9. The van der Waals surface area contributed by atoms with Gasteiger partial charge in [0.05, 0.1) is 6.61 Å². The molecule has 0 saturated carbocycles. The van der Waals surface area contributed by atoms with E-state index < -0.39 is 0 Å². The fourth-order valence-corrected chi connectivity index (χ4v) is 2.73. The van der Waals surface area contributed by atoms with Gasteiger partial charge in [0.2, 0.25) is 0 Å². The van der Waals surface area contributed by atoms with Crippen LogP contribution in [0.4, 0.5) is 0 Å². The predicted molar refractivity (Wildman–Crippen MR) is 110 cm³/mol. The highest BCUT2D eigenvalue weighted by atomic mass is 127. The summed E-state index contributed by atoms with van der Waals surface area (Å²) in [4.78, 5) is 7.24. The number of likely N-dealkylation sites (tertiary alicyclic amines) is 1. The number of hydrogen-bond donors (Lipinski definition) is 2. The number of rotatable bonds is 11. The van der Waals surface area contributed by atoms with Crippen molar-refractivity contribution in [1.82, 2.24) is 15.5 Å². The van der Waals surface area contributed by atoms with Gasteiger partial charge in [-0.3, -0.25) is 4.99 Å². The Labute approximate surface area is 160 Å². The van der Waals surface area contributed by atoms with E-state index in [9.17, 15) is 0 Å². The summed E-state index contributed by atoms with van der Waals surface area (Å²) in [5.74, 6) is 0.915. The highest BCUT2D eigenvalue weighted by molar-refractivity contribution is 14.0. The van der Waals surface area contributed by atoms with Gasteiger partial charge in [-0.25, -0.2) is 0 Å². The number of hydrogen-bond acceptors (Lipinski definition) is 3. The maximum atomic E-state index is 5.33. The zero-order valence-electron chi connectivity index (χ0n) is 15.1. The van der Waals surface area contributed by atoms with Gasteiger partial charge in [-0.1, -0.05) is 12.8 Å². The lowest BCUT2D eigenvalue weighted by Crippen LogP contribution is -2.39. The summed E-state index contributed by atoms with van der Waals surface area (Å²) >= 11 is 0. The molecular formula is C17H37IN4O. The van der Waals surface area contributed by atoms with Gasteiger partial charge in [0.15, 0.2) is 5.96 Å². The first-order chi connectivity index (χ1) is 10.9. The molecule has 0 aromatic carbocycles. The Bertz CT molecular complexity index is 284. The molecule has 1 saturated heterocycles. The number of piperidine rings is 1. The minimum Gasteiger partial charge on any atom is -0.380 e. The van der Waals surface area contributed by atoms with E-state index in [1.807, 2.05) is 6.92 Å². The Hall–Kier alpha value is -0.0800. The second kappa shape index (κ2) is 16.8. The fourth-order valence-electron chi connectivity index (χ4n) is 2.73. The van der Waals surface area contributed by atoms with Crippen LogP contribution < -0.4 is 10.6 Å². The van der Waals surface area contributed by atoms with Crippen molar-refractivity contribution in [3.8, 4) is 0 Å². The summed E-state index contributed by atoms with van der Waals surface area (Å²) in [6.07, 6.45) is 7.97. The summed E-state index contributed by atoms with van der Waals surface area (Å²) in [6.45, 7) is 12.1. The molecule has 6 heteroatoms. The Morgan fingerprint density at radius 2 is 1.83 bits per heavy atom. The number of aliphatic imine (C=N–C) groups is 1. The predicted octanol–water partition coefficient (Wildman–Crippen LogP) is 2.85. The average molecular weight is 440 g/mol. The SMILES string of the molecule is CCNC(=NCCCCCN1CCCCC1)NCCOCC.I. The quantitative estimate of drug-likeness (QED) is 0.225. The Kier molecular flexibility index (Phi) is 16.7. The average Bonchev–Trinajstić information content (AvgIpc) is 2.55. The molecule has 0 unspecified atom stereocenters. The minimum absolute atomic E-state index is 0. The van der Waals surface area contributed by atoms with E-state index >= 15 is 0 Å². The summed E-state index contributed by atoms with van der Waals surface area (Å²) in [6, 6.07) is 0. The van der Waals surface area contributed by atoms with Gasteiger partial charge in [0.1, 0.15) is 0 Å². The molecule has 1 aliphatic rings. The van der Waals surface area contributed by atoms with Gasteiger partial charge in [-0.2, -0.15) is 0 Å². The molecular weight excluding hydrogens is 403 g/mol. The Morgan fingerprint density at radius 3 is 2.52 bits per heavy atom. The van der Waals surface area contributed by atoms with Gasteiger partial charge in [0, 0.05) is 26.2 Å². The molecule has 23 heavy (non-hydrogen) atoms. The lowest BCUT2D eigenvalue weighted by molar-refractivity contribution is 0.152. The standard InChI is InChI=1S/C17H36N4O.HI/c1-3-18-17(20-12-16-22-4-2)19-11-7-5-8-13-21-14-9-6-10-15-21;/h3-16H2,1-2H3,(H2,18,19,20);1H. The largest absolute Gasteiger partial charge is 0.380 e. The van der Waals surface area contributed by atoms with E-state index in [1.54, 1.807) is 0 Å². The van der Waals surface area contributed by atoms with Gasteiger partial charge < -0.3 is 20.3 Å². The summed E-state index contributed by atoms with van der Waals surface area (Å²) in [7, 11) is 0. The lowest BCUT2D eigenvalue weighted by Gasteiger charge is -2.26. The van der Waals surface area contributed by atoms with Crippen LogP contribution in [0.2, 0.25) is 0 Å². The van der Waals surface area contributed by atoms with E-state index in [-0.39, 0.29) is 24.0 Å². The molecule has 0 spiro atoms. The maximum Gasteiger partial charge on any atom is 0.191 e. The summed E-state index contributed by atoms with van der Waals surface area (Å²) in [5.41, 5.74) is 0. The number of ether oxygens (including phenoxy) is 1. The van der Waals surface area contributed by atoms with Crippen LogP contribution in [-0.2, 0) is 4.74 Å². The molecule has 1 rings (SSSR count).